The molecule has 4 aromatic rings. The molecule has 0 aliphatic heterocycles. The minimum absolute atomic E-state index is 0.110. The van der Waals surface area contributed by atoms with Crippen LogP contribution in [0.1, 0.15) is 27.6 Å². The largest absolute Gasteiger partial charge is 0.456 e. The van der Waals surface area contributed by atoms with E-state index in [1.54, 1.807) is 25.1 Å². The van der Waals surface area contributed by atoms with Crippen molar-refractivity contribution in [3.8, 4) is 5.69 Å². The quantitative estimate of drug-likeness (QED) is 0.237. The molecule has 0 bridgehead atoms. The number of ketones is 1. The third kappa shape index (κ3) is 4.63. The van der Waals surface area contributed by atoms with Crippen molar-refractivity contribution in [1.82, 2.24) is 14.1 Å². The van der Waals surface area contributed by atoms with Crippen LogP contribution in [0.2, 0.25) is 0 Å². The van der Waals surface area contributed by atoms with Crippen molar-refractivity contribution in [3.63, 3.8) is 0 Å². The summed E-state index contributed by atoms with van der Waals surface area (Å²) < 4.78 is 48.9. The summed E-state index contributed by atoms with van der Waals surface area (Å²) in [7, 11) is 0. The lowest BCUT2D eigenvalue weighted by Gasteiger charge is -2.12. The van der Waals surface area contributed by atoms with E-state index in [2.05, 4.69) is 20.9 Å². The van der Waals surface area contributed by atoms with Crippen molar-refractivity contribution in [3.05, 3.63) is 81.8 Å². The van der Waals surface area contributed by atoms with Gasteiger partial charge in [0, 0.05) is 27.1 Å². The Labute approximate surface area is 201 Å². The van der Waals surface area contributed by atoms with Crippen molar-refractivity contribution >= 4 is 38.7 Å². The predicted octanol–water partition coefficient (Wildman–Crippen LogP) is 5.65. The van der Waals surface area contributed by atoms with Gasteiger partial charge in [-0.05, 0) is 50.2 Å². The molecule has 4 rings (SSSR count). The van der Waals surface area contributed by atoms with Crippen LogP contribution in [0.15, 0.2) is 59.1 Å². The van der Waals surface area contributed by atoms with Crippen molar-refractivity contribution in [1.29, 1.82) is 0 Å². The first-order valence-electron chi connectivity index (χ1n) is 10.2. The number of imidazole rings is 1. The fourth-order valence-electron chi connectivity index (χ4n) is 3.91. The second kappa shape index (κ2) is 9.09. The number of esters is 1. The smallest absolute Gasteiger partial charge is 0.449 e. The molecular weight excluding hydrogens is 515 g/mol. The van der Waals surface area contributed by atoms with Crippen LogP contribution >= 0.6 is 15.9 Å². The van der Waals surface area contributed by atoms with Gasteiger partial charge in [-0.15, -0.1) is 0 Å². The van der Waals surface area contributed by atoms with E-state index >= 15 is 0 Å². The number of para-hydroxylation sites is 2. The van der Waals surface area contributed by atoms with Crippen molar-refractivity contribution < 1.29 is 27.5 Å². The molecule has 0 spiro atoms. The molecule has 2 heterocycles. The third-order valence-electron chi connectivity index (χ3n) is 5.36. The predicted molar refractivity (Wildman–Crippen MR) is 123 cm³/mol. The van der Waals surface area contributed by atoms with Gasteiger partial charge in [-0.3, -0.25) is 9.59 Å². The Kier molecular flexibility index (Phi) is 6.35. The van der Waals surface area contributed by atoms with Crippen molar-refractivity contribution in [2.24, 2.45) is 0 Å². The molecule has 0 unspecified atom stereocenters. The number of aromatic nitrogens is 3. The van der Waals surface area contributed by atoms with Crippen LogP contribution < -0.4 is 0 Å². The monoisotopic (exact) mass is 533 g/mol. The number of carbonyl (C=O) groups is 2. The summed E-state index contributed by atoms with van der Waals surface area (Å²) in [6, 6.07) is 15.2. The summed E-state index contributed by atoms with van der Waals surface area (Å²) in [5.74, 6) is -2.62. The van der Waals surface area contributed by atoms with E-state index in [0.29, 0.717) is 11.3 Å². The molecule has 10 heteroatoms. The van der Waals surface area contributed by atoms with Gasteiger partial charge in [0.05, 0.1) is 11.0 Å². The van der Waals surface area contributed by atoms with Gasteiger partial charge in [0.25, 0.3) is 0 Å². The molecule has 0 amide bonds. The van der Waals surface area contributed by atoms with Gasteiger partial charge < -0.3 is 13.9 Å². The maximum atomic E-state index is 13.4. The van der Waals surface area contributed by atoms with E-state index in [1.807, 2.05) is 35.8 Å². The molecule has 34 heavy (non-hydrogen) atoms. The van der Waals surface area contributed by atoms with Crippen molar-refractivity contribution in [2.75, 3.05) is 6.61 Å². The first kappa shape index (κ1) is 23.7. The van der Waals surface area contributed by atoms with E-state index in [1.165, 1.54) is 12.1 Å². The zero-order chi connectivity index (χ0) is 24.6. The molecule has 0 saturated carbocycles. The van der Waals surface area contributed by atoms with Crippen molar-refractivity contribution in [2.45, 2.75) is 26.6 Å². The fraction of sp³-hybridized carbons (Fsp3) is 0.208. The highest BCUT2D eigenvalue weighted by molar-refractivity contribution is 9.10. The number of carbonyl (C=O) groups excluding carboxylic acids is 2. The second-order valence-electron chi connectivity index (χ2n) is 7.69. The van der Waals surface area contributed by atoms with Crippen LogP contribution in [0, 0.1) is 13.8 Å². The molecule has 2 aromatic heterocycles. The number of ether oxygens (including phenoxy) is 1. The average Bonchev–Trinajstić information content (AvgIpc) is 3.29. The van der Waals surface area contributed by atoms with Gasteiger partial charge in [-0.1, -0.05) is 34.1 Å². The number of hydrogen-bond acceptors (Lipinski definition) is 4. The zero-order valence-corrected chi connectivity index (χ0v) is 19.8. The van der Waals surface area contributed by atoms with Crippen LogP contribution in [-0.4, -0.2) is 32.5 Å². The standard InChI is InChI=1S/C24H19BrF3N3O3/c1-14-10-18(15(2)31(14)17-7-5-6-16(25)11-17)21(32)13-34-22(33)12-30-20-9-4-3-8-19(20)29-23(30)24(26,27)28/h3-11H,12-13H2,1-2H3. The maximum Gasteiger partial charge on any atom is 0.449 e. The lowest BCUT2D eigenvalue weighted by molar-refractivity contribution is -0.150. The summed E-state index contributed by atoms with van der Waals surface area (Å²) in [5.41, 5.74) is 2.96. The average molecular weight is 534 g/mol. The molecule has 0 aliphatic rings. The van der Waals surface area contributed by atoms with Crippen LogP contribution in [0.4, 0.5) is 13.2 Å². The van der Waals surface area contributed by atoms with E-state index in [0.717, 1.165) is 20.4 Å². The fourth-order valence-corrected chi connectivity index (χ4v) is 4.30. The van der Waals surface area contributed by atoms with E-state index < -0.39 is 36.9 Å². The van der Waals surface area contributed by atoms with Gasteiger partial charge >= 0.3 is 12.1 Å². The Hall–Kier alpha value is -3.40. The SMILES string of the molecule is Cc1cc(C(=O)COC(=O)Cn2c(C(F)(F)F)nc3ccccc32)c(C)n1-c1cccc(Br)c1. The van der Waals surface area contributed by atoms with Gasteiger partial charge in [-0.25, -0.2) is 4.98 Å². The number of rotatable bonds is 6. The van der Waals surface area contributed by atoms with E-state index in [9.17, 15) is 22.8 Å². The summed E-state index contributed by atoms with van der Waals surface area (Å²) in [4.78, 5) is 28.8. The zero-order valence-electron chi connectivity index (χ0n) is 18.2. The highest BCUT2D eigenvalue weighted by Crippen LogP contribution is 2.31. The maximum absolute atomic E-state index is 13.4. The van der Waals surface area contributed by atoms with Gasteiger partial charge in [0.1, 0.15) is 6.54 Å². The normalized spacial score (nSPS) is 11.7. The molecule has 2 aromatic carbocycles. The molecule has 0 saturated heterocycles. The van der Waals surface area contributed by atoms with E-state index in [-0.39, 0.29) is 11.0 Å². The summed E-state index contributed by atoms with van der Waals surface area (Å²) >= 11 is 3.43. The number of benzene rings is 2. The van der Waals surface area contributed by atoms with Crippen LogP contribution in [0.3, 0.4) is 0 Å². The topological polar surface area (TPSA) is 66.1 Å². The van der Waals surface area contributed by atoms with Gasteiger partial charge in [0.15, 0.2) is 6.61 Å². The van der Waals surface area contributed by atoms with E-state index in [4.69, 9.17) is 4.74 Å². The molecule has 0 fully saturated rings. The Morgan fingerprint density at radius 1 is 1.06 bits per heavy atom. The van der Waals surface area contributed by atoms with Gasteiger partial charge in [-0.2, -0.15) is 13.2 Å². The first-order chi connectivity index (χ1) is 16.1. The second-order valence-corrected chi connectivity index (χ2v) is 8.61. The number of aryl methyl sites for hydroxylation is 1. The number of alkyl halides is 3. The highest BCUT2D eigenvalue weighted by Gasteiger charge is 2.38. The Balaban J connectivity index is 1.51. The lowest BCUT2D eigenvalue weighted by atomic mass is 10.1. The third-order valence-corrected chi connectivity index (χ3v) is 5.85. The molecule has 0 aliphatic carbocycles. The van der Waals surface area contributed by atoms with Crippen LogP contribution in [0.5, 0.6) is 0 Å². The number of Topliss-reactive ketones (excluding diaryl/α,β-unsaturated/α-hetero) is 1. The first-order valence-corrected chi connectivity index (χ1v) is 11.0. The van der Waals surface area contributed by atoms with Crippen LogP contribution in [-0.2, 0) is 22.3 Å². The summed E-state index contributed by atoms with van der Waals surface area (Å²) in [6.45, 7) is 2.31. The van der Waals surface area contributed by atoms with Crippen LogP contribution in [0.25, 0.3) is 16.7 Å². The van der Waals surface area contributed by atoms with Gasteiger partial charge in [0.2, 0.25) is 11.6 Å². The Bertz CT molecular complexity index is 1410. The minimum Gasteiger partial charge on any atom is -0.456 e. The number of hydrogen-bond donors (Lipinski definition) is 0. The number of fused-ring (bicyclic) bond motifs is 1. The summed E-state index contributed by atoms with van der Waals surface area (Å²) in [6.07, 6.45) is -4.75. The lowest BCUT2D eigenvalue weighted by Crippen LogP contribution is -2.22. The molecule has 0 N–H and O–H groups in total. The molecule has 0 atom stereocenters. The number of nitrogens with zero attached hydrogens (tertiary/aromatic N) is 3. The molecule has 176 valence electrons. The molecule has 6 nitrogen and oxygen atoms in total. The number of halogens is 4. The Morgan fingerprint density at radius 3 is 2.50 bits per heavy atom. The highest BCUT2D eigenvalue weighted by atomic mass is 79.9. The molecule has 0 radical (unpaired) electrons. The minimum atomic E-state index is -4.75. The Morgan fingerprint density at radius 2 is 1.79 bits per heavy atom. The summed E-state index contributed by atoms with van der Waals surface area (Å²) in [5, 5.41) is 0. The molecular formula is C24H19BrF3N3O3.